The zero-order chi connectivity index (χ0) is 17.2. The highest BCUT2D eigenvalue weighted by Gasteiger charge is 2.06. The van der Waals surface area contributed by atoms with Crippen molar-refractivity contribution in [2.75, 3.05) is 7.11 Å². The van der Waals surface area contributed by atoms with Gasteiger partial charge in [0.15, 0.2) is 0 Å². The average molecular weight is 375 g/mol. The normalized spacial score (nSPS) is 9.57. The average Bonchev–Trinajstić information content (AvgIpc) is 2.53. The first-order valence-corrected chi connectivity index (χ1v) is 8.52. The van der Waals surface area contributed by atoms with E-state index in [2.05, 4.69) is 46.9 Å². The molecule has 1 aromatic carbocycles. The minimum absolute atomic E-state index is 0.493. The summed E-state index contributed by atoms with van der Waals surface area (Å²) in [7, 11) is 1.67. The predicted molar refractivity (Wildman–Crippen MR) is 97.8 cm³/mol. The van der Waals surface area contributed by atoms with Crippen LogP contribution in [0.1, 0.15) is 42.7 Å². The van der Waals surface area contributed by atoms with E-state index in [4.69, 9.17) is 10.00 Å². The Morgan fingerprint density at radius 3 is 2.48 bits per heavy atom. The van der Waals surface area contributed by atoms with E-state index in [1.54, 1.807) is 13.3 Å². The molecule has 0 fully saturated rings. The van der Waals surface area contributed by atoms with E-state index >= 15 is 0 Å². The number of pyridine rings is 1. The molecule has 0 atom stereocenters. The number of rotatable bonds is 4. The second-order valence-electron chi connectivity index (χ2n) is 5.34. The van der Waals surface area contributed by atoms with Crippen molar-refractivity contribution in [2.45, 2.75) is 40.0 Å². The maximum atomic E-state index is 9.09. The Balaban J connectivity index is 0.000000816. The summed E-state index contributed by atoms with van der Waals surface area (Å²) in [6, 6.07) is 10.3. The molecule has 0 aliphatic rings. The van der Waals surface area contributed by atoms with Gasteiger partial charge in [0.25, 0.3) is 0 Å². The standard InChI is InChI=1S/C16H15BrN2O.C3H8/c1-11-5-12(7-15(6-11)20-2)3-4-13-8-14(17)10-19-16(13)9-18;1-3-2/h5-8,10H,3-4H2,1-2H3;3H2,1-2H3. The number of nitriles is 1. The molecule has 0 unspecified atom stereocenters. The molecule has 0 aliphatic carbocycles. The summed E-state index contributed by atoms with van der Waals surface area (Å²) in [6.07, 6.45) is 4.53. The molecule has 0 saturated heterocycles. The minimum Gasteiger partial charge on any atom is -0.497 e. The van der Waals surface area contributed by atoms with Crippen LogP contribution in [0.5, 0.6) is 5.75 Å². The van der Waals surface area contributed by atoms with Gasteiger partial charge in [0.2, 0.25) is 0 Å². The first kappa shape index (κ1) is 19.2. The second-order valence-corrected chi connectivity index (χ2v) is 6.25. The summed E-state index contributed by atoms with van der Waals surface area (Å²) in [5.41, 5.74) is 3.83. The molecule has 2 aromatic rings. The van der Waals surface area contributed by atoms with Crippen molar-refractivity contribution < 1.29 is 4.74 Å². The van der Waals surface area contributed by atoms with Gasteiger partial charge in [-0.3, -0.25) is 0 Å². The van der Waals surface area contributed by atoms with E-state index in [1.807, 2.05) is 25.1 Å². The summed E-state index contributed by atoms with van der Waals surface area (Å²) >= 11 is 3.39. The lowest BCUT2D eigenvalue weighted by atomic mass is 10.0. The summed E-state index contributed by atoms with van der Waals surface area (Å²) in [5, 5.41) is 9.09. The molecule has 2 rings (SSSR count). The maximum absolute atomic E-state index is 9.09. The van der Waals surface area contributed by atoms with E-state index in [0.717, 1.165) is 28.6 Å². The van der Waals surface area contributed by atoms with Crippen LogP contribution in [0.4, 0.5) is 0 Å². The fourth-order valence-electron chi connectivity index (χ4n) is 2.14. The third-order valence-corrected chi connectivity index (χ3v) is 3.50. The van der Waals surface area contributed by atoms with Crippen LogP contribution >= 0.6 is 15.9 Å². The maximum Gasteiger partial charge on any atom is 0.143 e. The molecule has 0 bridgehead atoms. The van der Waals surface area contributed by atoms with Crippen molar-refractivity contribution in [3.63, 3.8) is 0 Å². The van der Waals surface area contributed by atoms with Crippen molar-refractivity contribution in [1.82, 2.24) is 4.98 Å². The van der Waals surface area contributed by atoms with Crippen LogP contribution in [0.25, 0.3) is 0 Å². The number of aryl methyl sites for hydroxylation is 3. The van der Waals surface area contributed by atoms with Crippen molar-refractivity contribution >= 4 is 15.9 Å². The second kappa shape index (κ2) is 10.0. The molecule has 0 aliphatic heterocycles. The van der Waals surface area contributed by atoms with Crippen LogP contribution in [0.15, 0.2) is 34.9 Å². The van der Waals surface area contributed by atoms with Crippen LogP contribution < -0.4 is 4.74 Å². The predicted octanol–water partition coefficient (Wildman–Crippen LogP) is 5.23. The molecule has 1 heterocycles. The topological polar surface area (TPSA) is 45.9 Å². The molecule has 122 valence electrons. The van der Waals surface area contributed by atoms with Crippen LogP contribution in [-0.2, 0) is 12.8 Å². The van der Waals surface area contributed by atoms with Gasteiger partial charge in [-0.15, -0.1) is 0 Å². The Morgan fingerprint density at radius 2 is 1.87 bits per heavy atom. The molecule has 0 amide bonds. The lowest BCUT2D eigenvalue weighted by Crippen LogP contribution is -1.98. The number of aromatic nitrogens is 1. The molecule has 3 nitrogen and oxygen atoms in total. The van der Waals surface area contributed by atoms with Crippen molar-refractivity contribution in [3.8, 4) is 11.8 Å². The zero-order valence-corrected chi connectivity index (χ0v) is 15.8. The third kappa shape index (κ3) is 6.42. The van der Waals surface area contributed by atoms with Gasteiger partial charge in [-0.05, 0) is 70.6 Å². The van der Waals surface area contributed by atoms with Gasteiger partial charge in [-0.1, -0.05) is 26.3 Å². The number of methoxy groups -OCH3 is 1. The Morgan fingerprint density at radius 1 is 1.17 bits per heavy atom. The van der Waals surface area contributed by atoms with E-state index < -0.39 is 0 Å². The van der Waals surface area contributed by atoms with Crippen molar-refractivity contribution in [2.24, 2.45) is 0 Å². The molecular formula is C19H23BrN2O. The summed E-state index contributed by atoms with van der Waals surface area (Å²) < 4.78 is 6.18. The molecule has 4 heteroatoms. The largest absolute Gasteiger partial charge is 0.497 e. The number of halogens is 1. The van der Waals surface area contributed by atoms with Crippen molar-refractivity contribution in [1.29, 1.82) is 5.26 Å². The number of hydrogen-bond donors (Lipinski definition) is 0. The highest BCUT2D eigenvalue weighted by molar-refractivity contribution is 9.10. The SMILES string of the molecule is CCC.COc1cc(C)cc(CCc2cc(Br)cnc2C#N)c1. The smallest absolute Gasteiger partial charge is 0.143 e. The Bertz CT molecular complexity index is 678. The van der Waals surface area contributed by atoms with Gasteiger partial charge in [0, 0.05) is 10.7 Å². The van der Waals surface area contributed by atoms with Crippen LogP contribution in [-0.4, -0.2) is 12.1 Å². The monoisotopic (exact) mass is 374 g/mol. The Labute approximate surface area is 147 Å². The highest BCUT2D eigenvalue weighted by Crippen LogP contribution is 2.20. The molecule has 0 saturated carbocycles. The van der Waals surface area contributed by atoms with Gasteiger partial charge in [0.1, 0.15) is 17.5 Å². The summed E-state index contributed by atoms with van der Waals surface area (Å²) in [4.78, 5) is 4.13. The lowest BCUT2D eigenvalue weighted by molar-refractivity contribution is 0.414. The molecule has 0 N–H and O–H groups in total. The molecular weight excluding hydrogens is 352 g/mol. The van der Waals surface area contributed by atoms with Gasteiger partial charge in [-0.25, -0.2) is 4.98 Å². The Kier molecular flexibility index (Phi) is 8.36. The van der Waals surface area contributed by atoms with E-state index in [1.165, 1.54) is 17.5 Å². The Hall–Kier alpha value is -1.86. The van der Waals surface area contributed by atoms with Crippen LogP contribution in [0, 0.1) is 18.3 Å². The molecule has 0 spiro atoms. The lowest BCUT2D eigenvalue weighted by Gasteiger charge is -2.08. The van der Waals surface area contributed by atoms with Crippen molar-refractivity contribution in [3.05, 3.63) is 57.3 Å². The van der Waals surface area contributed by atoms with E-state index in [9.17, 15) is 0 Å². The quantitative estimate of drug-likeness (QED) is 0.735. The highest BCUT2D eigenvalue weighted by atomic mass is 79.9. The fourth-order valence-corrected chi connectivity index (χ4v) is 2.52. The zero-order valence-electron chi connectivity index (χ0n) is 14.2. The van der Waals surface area contributed by atoms with E-state index in [-0.39, 0.29) is 0 Å². The van der Waals surface area contributed by atoms with E-state index in [0.29, 0.717) is 5.69 Å². The summed E-state index contributed by atoms with van der Waals surface area (Å²) in [6.45, 7) is 6.30. The third-order valence-electron chi connectivity index (χ3n) is 3.07. The molecule has 23 heavy (non-hydrogen) atoms. The first-order chi connectivity index (χ1) is 11.0. The number of nitrogens with zero attached hydrogens (tertiary/aromatic N) is 2. The van der Waals surface area contributed by atoms with Gasteiger partial charge in [0.05, 0.1) is 7.11 Å². The molecule has 1 aromatic heterocycles. The molecule has 0 radical (unpaired) electrons. The van der Waals surface area contributed by atoms with Crippen LogP contribution in [0.2, 0.25) is 0 Å². The number of hydrogen-bond acceptors (Lipinski definition) is 3. The first-order valence-electron chi connectivity index (χ1n) is 7.73. The van der Waals surface area contributed by atoms with Crippen LogP contribution in [0.3, 0.4) is 0 Å². The van der Waals surface area contributed by atoms with Gasteiger partial charge < -0.3 is 4.74 Å². The van der Waals surface area contributed by atoms with Gasteiger partial charge in [-0.2, -0.15) is 5.26 Å². The van der Waals surface area contributed by atoms with Gasteiger partial charge >= 0.3 is 0 Å². The minimum atomic E-state index is 0.493. The number of benzene rings is 1. The summed E-state index contributed by atoms with van der Waals surface area (Å²) in [5.74, 6) is 0.868. The fraction of sp³-hybridized carbons (Fsp3) is 0.368. The number of ether oxygens (including phenoxy) is 1.